The molecule has 0 bridgehead atoms. The van der Waals surface area contributed by atoms with E-state index in [1.165, 1.54) is 57.9 Å². The Morgan fingerprint density at radius 3 is 1.63 bits per heavy atom. The first-order valence-corrected chi connectivity index (χ1v) is 8.65. The van der Waals surface area contributed by atoms with Crippen molar-refractivity contribution in [1.29, 1.82) is 0 Å². The predicted octanol–water partition coefficient (Wildman–Crippen LogP) is 5.74. The highest BCUT2D eigenvalue weighted by molar-refractivity contribution is 4.66. The van der Waals surface area contributed by atoms with Crippen LogP contribution in [0.15, 0.2) is 0 Å². The van der Waals surface area contributed by atoms with Gasteiger partial charge in [-0.2, -0.15) is 0 Å². The molecule has 0 radical (unpaired) electrons. The van der Waals surface area contributed by atoms with Crippen molar-refractivity contribution in [1.82, 2.24) is 4.90 Å². The second-order valence-corrected chi connectivity index (χ2v) is 7.12. The first-order chi connectivity index (χ1) is 8.95. The van der Waals surface area contributed by atoms with E-state index in [2.05, 4.69) is 46.6 Å². The van der Waals surface area contributed by atoms with Gasteiger partial charge in [-0.25, -0.2) is 0 Å². The minimum Gasteiger partial charge on any atom is -0.303 e. The van der Waals surface area contributed by atoms with E-state index in [4.69, 9.17) is 0 Å². The van der Waals surface area contributed by atoms with Crippen LogP contribution in [-0.4, -0.2) is 24.5 Å². The normalized spacial score (nSPS) is 13.7. The fourth-order valence-corrected chi connectivity index (χ4v) is 2.51. The van der Waals surface area contributed by atoms with Crippen molar-refractivity contribution >= 4 is 0 Å². The fraction of sp³-hybridized carbons (Fsp3) is 1.00. The molecule has 0 fully saturated rings. The summed E-state index contributed by atoms with van der Waals surface area (Å²) in [5.74, 6) is 1.66. The quantitative estimate of drug-likeness (QED) is 0.408. The summed E-state index contributed by atoms with van der Waals surface area (Å²) in [4.78, 5) is 2.52. The molecule has 0 aromatic rings. The van der Waals surface area contributed by atoms with Gasteiger partial charge in [0.05, 0.1) is 0 Å². The van der Waals surface area contributed by atoms with E-state index in [0.29, 0.717) is 0 Å². The predicted molar refractivity (Wildman–Crippen MR) is 88.7 cm³/mol. The highest BCUT2D eigenvalue weighted by Gasteiger charge is 2.11. The van der Waals surface area contributed by atoms with Crippen molar-refractivity contribution in [2.24, 2.45) is 11.8 Å². The zero-order valence-corrected chi connectivity index (χ0v) is 14.5. The Kier molecular flexibility index (Phi) is 11.7. The van der Waals surface area contributed by atoms with Gasteiger partial charge in [0.1, 0.15) is 0 Å². The third-order valence-electron chi connectivity index (χ3n) is 4.45. The average molecular weight is 270 g/mol. The van der Waals surface area contributed by atoms with Gasteiger partial charge in [0.2, 0.25) is 0 Å². The lowest BCUT2D eigenvalue weighted by Crippen LogP contribution is -2.33. The third-order valence-corrected chi connectivity index (χ3v) is 4.45. The summed E-state index contributed by atoms with van der Waals surface area (Å²) in [6, 6.07) is 0.719. The first-order valence-electron chi connectivity index (χ1n) is 8.65. The summed E-state index contributed by atoms with van der Waals surface area (Å²) in [5, 5.41) is 0. The zero-order valence-electron chi connectivity index (χ0n) is 14.5. The highest BCUT2D eigenvalue weighted by Crippen LogP contribution is 2.13. The molecule has 0 aromatic carbocycles. The van der Waals surface area contributed by atoms with Gasteiger partial charge >= 0.3 is 0 Å². The summed E-state index contributed by atoms with van der Waals surface area (Å²) >= 11 is 0. The van der Waals surface area contributed by atoms with E-state index in [1.54, 1.807) is 0 Å². The lowest BCUT2D eigenvalue weighted by atomic mass is 10.0. The van der Waals surface area contributed by atoms with E-state index in [9.17, 15) is 0 Å². The summed E-state index contributed by atoms with van der Waals surface area (Å²) in [6.07, 6.45) is 11.4. The van der Waals surface area contributed by atoms with Crippen LogP contribution in [0, 0.1) is 11.8 Å². The number of hydrogen-bond acceptors (Lipinski definition) is 1. The molecule has 0 aliphatic carbocycles. The standard InChI is InChI=1S/C18H39N/c1-16(2)14-12-10-8-7-9-11-13-15-19(6)18(5)17(3)4/h16-18H,7-15H2,1-6H3. The molecular weight excluding hydrogens is 230 g/mol. The smallest absolute Gasteiger partial charge is 0.00868 e. The third kappa shape index (κ3) is 11.5. The highest BCUT2D eigenvalue weighted by atomic mass is 15.1. The lowest BCUT2D eigenvalue weighted by Gasteiger charge is -2.27. The molecule has 0 amide bonds. The van der Waals surface area contributed by atoms with Crippen LogP contribution >= 0.6 is 0 Å². The van der Waals surface area contributed by atoms with Gasteiger partial charge in [0, 0.05) is 6.04 Å². The van der Waals surface area contributed by atoms with Crippen LogP contribution in [0.1, 0.15) is 86.0 Å². The van der Waals surface area contributed by atoms with E-state index in [1.807, 2.05) is 0 Å². The summed E-state index contributed by atoms with van der Waals surface area (Å²) in [7, 11) is 2.27. The summed E-state index contributed by atoms with van der Waals surface area (Å²) < 4.78 is 0. The Morgan fingerprint density at radius 2 is 1.16 bits per heavy atom. The summed E-state index contributed by atoms with van der Waals surface area (Å²) in [5.41, 5.74) is 0. The van der Waals surface area contributed by atoms with Crippen LogP contribution in [0.4, 0.5) is 0 Å². The van der Waals surface area contributed by atoms with Crippen molar-refractivity contribution in [2.75, 3.05) is 13.6 Å². The molecule has 19 heavy (non-hydrogen) atoms. The molecule has 0 heterocycles. The minimum atomic E-state index is 0.719. The van der Waals surface area contributed by atoms with Crippen LogP contribution in [-0.2, 0) is 0 Å². The molecule has 1 heteroatoms. The van der Waals surface area contributed by atoms with Gasteiger partial charge in [-0.1, -0.05) is 72.6 Å². The largest absolute Gasteiger partial charge is 0.303 e. The molecule has 0 N–H and O–H groups in total. The molecule has 1 atom stereocenters. The van der Waals surface area contributed by atoms with Crippen molar-refractivity contribution < 1.29 is 0 Å². The molecular formula is C18H39N. The molecule has 0 saturated heterocycles. The monoisotopic (exact) mass is 269 g/mol. The van der Waals surface area contributed by atoms with Crippen LogP contribution in [0.3, 0.4) is 0 Å². The molecule has 0 aliphatic heterocycles. The second-order valence-electron chi connectivity index (χ2n) is 7.12. The second kappa shape index (κ2) is 11.8. The van der Waals surface area contributed by atoms with Gasteiger partial charge in [-0.15, -0.1) is 0 Å². The number of rotatable bonds is 12. The topological polar surface area (TPSA) is 3.24 Å². The number of nitrogens with zero attached hydrogens (tertiary/aromatic N) is 1. The zero-order chi connectivity index (χ0) is 14.7. The Balaban J connectivity index is 3.27. The van der Waals surface area contributed by atoms with E-state index in [-0.39, 0.29) is 0 Å². The SMILES string of the molecule is CC(C)CCCCCCCCCN(C)C(C)C(C)C. The van der Waals surface area contributed by atoms with E-state index in [0.717, 1.165) is 17.9 Å². The Hall–Kier alpha value is -0.0400. The van der Waals surface area contributed by atoms with Crippen LogP contribution in [0.2, 0.25) is 0 Å². The molecule has 0 aromatic heterocycles. The van der Waals surface area contributed by atoms with Gasteiger partial charge in [-0.3, -0.25) is 0 Å². The Morgan fingerprint density at radius 1 is 0.684 bits per heavy atom. The number of unbranched alkanes of at least 4 members (excludes halogenated alkanes) is 6. The minimum absolute atomic E-state index is 0.719. The fourth-order valence-electron chi connectivity index (χ4n) is 2.51. The van der Waals surface area contributed by atoms with E-state index >= 15 is 0 Å². The van der Waals surface area contributed by atoms with Crippen molar-refractivity contribution in [3.8, 4) is 0 Å². The van der Waals surface area contributed by atoms with E-state index < -0.39 is 0 Å². The Labute approximate surface area is 123 Å². The van der Waals surface area contributed by atoms with Crippen LogP contribution in [0.5, 0.6) is 0 Å². The molecule has 1 nitrogen and oxygen atoms in total. The lowest BCUT2D eigenvalue weighted by molar-refractivity contribution is 0.204. The molecule has 0 rings (SSSR count). The first kappa shape index (κ1) is 19.0. The maximum absolute atomic E-state index is 2.52. The van der Waals surface area contributed by atoms with Crippen molar-refractivity contribution in [3.05, 3.63) is 0 Å². The van der Waals surface area contributed by atoms with Gasteiger partial charge in [-0.05, 0) is 38.8 Å². The summed E-state index contributed by atoms with van der Waals surface area (Å²) in [6.45, 7) is 12.9. The van der Waals surface area contributed by atoms with Crippen molar-refractivity contribution in [3.63, 3.8) is 0 Å². The number of hydrogen-bond donors (Lipinski definition) is 0. The van der Waals surface area contributed by atoms with Crippen LogP contribution in [0.25, 0.3) is 0 Å². The molecule has 1 unspecified atom stereocenters. The van der Waals surface area contributed by atoms with Gasteiger partial charge in [0.15, 0.2) is 0 Å². The Bertz CT molecular complexity index is 186. The van der Waals surface area contributed by atoms with Gasteiger partial charge in [0.25, 0.3) is 0 Å². The molecule has 116 valence electrons. The van der Waals surface area contributed by atoms with Crippen LogP contribution < -0.4 is 0 Å². The maximum atomic E-state index is 2.52. The average Bonchev–Trinajstić information content (AvgIpc) is 2.35. The molecule has 0 spiro atoms. The maximum Gasteiger partial charge on any atom is 0.00868 e. The molecule has 0 saturated carbocycles. The van der Waals surface area contributed by atoms with Gasteiger partial charge < -0.3 is 4.90 Å². The van der Waals surface area contributed by atoms with Crippen molar-refractivity contribution in [2.45, 2.75) is 92.0 Å². The molecule has 0 aliphatic rings.